The first-order chi connectivity index (χ1) is 10.1. The first-order valence-electron chi connectivity index (χ1n) is 6.71. The van der Waals surface area contributed by atoms with Crippen LogP contribution in [0.1, 0.15) is 24.6 Å². The summed E-state index contributed by atoms with van der Waals surface area (Å²) in [6.07, 6.45) is 3.01. The molecule has 1 aliphatic carbocycles. The number of cyclic esters (lactones) is 1. The van der Waals surface area contributed by atoms with Gasteiger partial charge in [0.25, 0.3) is 0 Å². The Morgan fingerprint density at radius 1 is 1.43 bits per heavy atom. The van der Waals surface area contributed by atoms with E-state index in [1.54, 1.807) is 0 Å². The predicted molar refractivity (Wildman–Crippen MR) is 68.5 cm³/mol. The van der Waals surface area contributed by atoms with E-state index in [4.69, 9.17) is 4.74 Å². The van der Waals surface area contributed by atoms with E-state index >= 15 is 0 Å². The number of fused-ring (bicyclic) bond motifs is 2. The number of nitrogens with zero attached hydrogens (tertiary/aromatic N) is 4. The molecule has 3 saturated heterocycles. The Bertz CT molecular complexity index is 640. The number of nitrogens with one attached hydrogen (secondary N) is 1. The minimum absolute atomic E-state index is 0.176. The highest BCUT2D eigenvalue weighted by Crippen LogP contribution is 2.50. The van der Waals surface area contributed by atoms with Gasteiger partial charge in [0, 0.05) is 11.6 Å². The molecule has 8 heteroatoms. The van der Waals surface area contributed by atoms with Crippen LogP contribution in [0, 0.1) is 5.92 Å². The normalized spacial score (nSPS) is 34.3. The molecule has 21 heavy (non-hydrogen) atoms. The van der Waals surface area contributed by atoms with Crippen molar-refractivity contribution >= 4 is 12.0 Å². The minimum atomic E-state index is -0.798. The molecule has 1 N–H and O–H groups in total. The average molecular weight is 287 g/mol. The zero-order valence-corrected chi connectivity index (χ0v) is 11.2. The highest BCUT2D eigenvalue weighted by atomic mass is 16.6. The van der Waals surface area contributed by atoms with Crippen molar-refractivity contribution in [3.05, 3.63) is 30.5 Å². The van der Waals surface area contributed by atoms with E-state index in [1.165, 1.54) is 17.4 Å². The molecule has 0 spiro atoms. The van der Waals surface area contributed by atoms with Gasteiger partial charge in [-0.2, -0.15) is 0 Å². The van der Waals surface area contributed by atoms with Crippen molar-refractivity contribution in [3.63, 3.8) is 0 Å². The van der Waals surface area contributed by atoms with Gasteiger partial charge in [0.1, 0.15) is 17.6 Å². The lowest BCUT2D eigenvalue weighted by Gasteiger charge is -2.54. The van der Waals surface area contributed by atoms with Crippen molar-refractivity contribution in [2.24, 2.45) is 5.92 Å². The summed E-state index contributed by atoms with van der Waals surface area (Å²) in [5, 5.41) is 10.3. The third kappa shape index (κ3) is 1.58. The van der Waals surface area contributed by atoms with Gasteiger partial charge in [-0.3, -0.25) is 9.69 Å². The van der Waals surface area contributed by atoms with E-state index in [2.05, 4.69) is 27.1 Å². The quantitative estimate of drug-likeness (QED) is 0.832. The smallest absolute Gasteiger partial charge is 0.411 e. The molecule has 1 unspecified atom stereocenters. The molecule has 1 aromatic rings. The number of carbonyl (C=O) groups excluding carboxylic acids is 2. The van der Waals surface area contributed by atoms with Gasteiger partial charge >= 0.3 is 6.09 Å². The number of hydrogen-bond acceptors (Lipinski definition) is 6. The second-order valence-corrected chi connectivity index (χ2v) is 5.63. The molecule has 3 aliphatic heterocycles. The van der Waals surface area contributed by atoms with Crippen molar-refractivity contribution in [2.75, 3.05) is 6.54 Å². The Morgan fingerprint density at radius 2 is 2.24 bits per heavy atom. The zero-order chi connectivity index (χ0) is 14.6. The van der Waals surface area contributed by atoms with Crippen LogP contribution in [0.4, 0.5) is 4.79 Å². The number of rotatable bonds is 2. The van der Waals surface area contributed by atoms with Gasteiger partial charge in [-0.05, 0) is 12.8 Å². The summed E-state index contributed by atoms with van der Waals surface area (Å²) < 4.78 is 5.32. The second-order valence-electron chi connectivity index (χ2n) is 5.63. The van der Waals surface area contributed by atoms with Crippen LogP contribution in [-0.2, 0) is 9.53 Å². The van der Waals surface area contributed by atoms with Crippen LogP contribution in [-0.4, -0.2) is 44.2 Å². The molecule has 0 aromatic carbocycles. The number of piperidine rings is 2. The van der Waals surface area contributed by atoms with Gasteiger partial charge in [0.15, 0.2) is 6.10 Å². The molecule has 5 rings (SSSR count). The fraction of sp³-hybridized carbons (Fsp3) is 0.462. The molecule has 4 heterocycles. The van der Waals surface area contributed by atoms with Crippen molar-refractivity contribution < 1.29 is 14.3 Å². The molecule has 108 valence electrons. The van der Waals surface area contributed by atoms with E-state index in [0.29, 0.717) is 18.5 Å². The fourth-order valence-corrected chi connectivity index (χ4v) is 3.27. The van der Waals surface area contributed by atoms with E-state index in [0.717, 1.165) is 5.70 Å². The molecule has 0 radical (unpaired) electrons. The van der Waals surface area contributed by atoms with Gasteiger partial charge in [-0.25, -0.2) is 9.78 Å². The number of allylic oxidation sites excluding steroid dienone is 1. The first-order valence-corrected chi connectivity index (χ1v) is 6.71. The van der Waals surface area contributed by atoms with Crippen molar-refractivity contribution in [3.8, 4) is 0 Å². The van der Waals surface area contributed by atoms with E-state index in [-0.39, 0.29) is 18.4 Å². The van der Waals surface area contributed by atoms with E-state index in [1.807, 2.05) is 0 Å². The summed E-state index contributed by atoms with van der Waals surface area (Å²) in [5.74, 6) is 0.0672. The van der Waals surface area contributed by atoms with Crippen LogP contribution in [0.15, 0.2) is 24.8 Å². The number of hydrogen-bond donors (Lipinski definition) is 1. The van der Waals surface area contributed by atoms with E-state index < -0.39 is 17.7 Å². The molecule has 4 aliphatic rings. The molecule has 1 atom stereocenters. The van der Waals surface area contributed by atoms with Crippen molar-refractivity contribution in [1.82, 2.24) is 25.4 Å². The van der Waals surface area contributed by atoms with Gasteiger partial charge < -0.3 is 10.1 Å². The Hall–Kier alpha value is -2.51. The summed E-state index contributed by atoms with van der Waals surface area (Å²) in [6.45, 7) is 4.11. The first kappa shape index (κ1) is 12.2. The highest BCUT2D eigenvalue weighted by molar-refractivity contribution is 5.94. The lowest BCUT2D eigenvalue weighted by Crippen LogP contribution is -2.70. The monoisotopic (exact) mass is 287 g/mol. The minimum Gasteiger partial charge on any atom is -0.437 e. The summed E-state index contributed by atoms with van der Waals surface area (Å²) in [4.78, 5) is 29.8. The number of ether oxygens (including phenoxy) is 1. The Morgan fingerprint density at radius 3 is 2.90 bits per heavy atom. The summed E-state index contributed by atoms with van der Waals surface area (Å²) in [6, 6.07) is 0. The third-order valence-corrected chi connectivity index (χ3v) is 4.51. The topological polar surface area (TPSA) is 97.3 Å². The number of aromatic nitrogens is 3. The molecule has 1 saturated carbocycles. The Balaban J connectivity index is 1.59. The third-order valence-electron chi connectivity index (χ3n) is 4.51. The van der Waals surface area contributed by atoms with E-state index in [9.17, 15) is 9.59 Å². The largest absolute Gasteiger partial charge is 0.437 e. The highest BCUT2D eigenvalue weighted by Gasteiger charge is 2.62. The van der Waals surface area contributed by atoms with Crippen LogP contribution in [0.2, 0.25) is 0 Å². The van der Waals surface area contributed by atoms with Gasteiger partial charge in [-0.1, -0.05) is 6.58 Å². The number of carbonyl (C=O) groups is 2. The van der Waals surface area contributed by atoms with Crippen molar-refractivity contribution in [2.45, 2.75) is 24.5 Å². The van der Waals surface area contributed by atoms with Crippen LogP contribution < -0.4 is 5.32 Å². The Kier molecular flexibility index (Phi) is 2.33. The average Bonchev–Trinajstić information content (AvgIpc) is 2.81. The molecule has 4 fully saturated rings. The predicted octanol–water partition coefficient (Wildman–Crippen LogP) is 0.157. The molecular weight excluding hydrogens is 274 g/mol. The lowest BCUT2D eigenvalue weighted by atomic mass is 9.62. The van der Waals surface area contributed by atoms with Crippen LogP contribution in [0.25, 0.3) is 0 Å². The lowest BCUT2D eigenvalue weighted by molar-refractivity contribution is -0.143. The molecule has 2 amide bonds. The van der Waals surface area contributed by atoms with Gasteiger partial charge in [0.2, 0.25) is 5.91 Å². The van der Waals surface area contributed by atoms with Gasteiger partial charge in [0.05, 0.1) is 12.7 Å². The van der Waals surface area contributed by atoms with Gasteiger partial charge in [-0.15, -0.1) is 10.2 Å². The Labute approximate surface area is 120 Å². The second kappa shape index (κ2) is 4.00. The molecule has 1 aromatic heterocycles. The molecular formula is C13H13N5O3. The number of amides is 2. The van der Waals surface area contributed by atoms with Crippen molar-refractivity contribution in [1.29, 1.82) is 0 Å². The summed E-state index contributed by atoms with van der Waals surface area (Å²) in [5.41, 5.74) is 0.429. The maximum absolute atomic E-state index is 12.3. The molecule has 8 nitrogen and oxygen atoms in total. The van der Waals surface area contributed by atoms with Crippen LogP contribution in [0.5, 0.6) is 0 Å². The summed E-state index contributed by atoms with van der Waals surface area (Å²) >= 11 is 0. The summed E-state index contributed by atoms with van der Waals surface area (Å²) in [7, 11) is 0. The fourth-order valence-electron chi connectivity index (χ4n) is 3.27. The standard InChI is InChI=1S/C13H13N5O3/c1-7-8-2-13(3-8,11(19)16-7)18-5-10(21-12(18)20)9-4-14-6-15-17-9/h4,6,8,10H,1-3,5H2,(H,16,19). The maximum atomic E-state index is 12.3. The maximum Gasteiger partial charge on any atom is 0.411 e. The molecule has 2 bridgehead atoms. The van der Waals surface area contributed by atoms with Crippen LogP contribution >= 0.6 is 0 Å². The van der Waals surface area contributed by atoms with Crippen LogP contribution in [0.3, 0.4) is 0 Å². The zero-order valence-electron chi connectivity index (χ0n) is 11.2. The SMILES string of the molecule is C=C1NC(=O)C2(N3CC(c4cncnn4)OC3=O)CC1C2.